The third-order valence-corrected chi connectivity index (χ3v) is 3.86. The molecule has 1 N–H and O–H groups in total. The molecule has 0 aromatic heterocycles. The van der Waals surface area contributed by atoms with Crippen molar-refractivity contribution in [2.75, 3.05) is 0 Å². The Kier molecular flexibility index (Phi) is 16.4. The summed E-state index contributed by atoms with van der Waals surface area (Å²) in [6.45, 7) is 2.23. The van der Waals surface area contributed by atoms with Crippen molar-refractivity contribution in [1.29, 1.82) is 0 Å². The van der Waals surface area contributed by atoms with Gasteiger partial charge in [0.1, 0.15) is 6.17 Å². The highest BCUT2D eigenvalue weighted by Gasteiger charge is 2.10. The van der Waals surface area contributed by atoms with Gasteiger partial charge in [-0.05, 0) is 38.5 Å². The van der Waals surface area contributed by atoms with Crippen molar-refractivity contribution in [3.8, 4) is 0 Å². The van der Waals surface area contributed by atoms with Gasteiger partial charge in [0.05, 0.1) is 6.42 Å². The first-order valence-electron chi connectivity index (χ1n) is 9.32. The number of unbranched alkanes of at least 4 members (excludes halogenated alkanes) is 8. The predicted octanol–water partition coefficient (Wildman–Crippen LogP) is 6.61. The minimum atomic E-state index is -1.18. The van der Waals surface area contributed by atoms with Gasteiger partial charge in [0, 0.05) is 0 Å². The molecule has 0 radical (unpaired) electrons. The van der Waals surface area contributed by atoms with Crippen LogP contribution in [0.25, 0.3) is 0 Å². The number of carboxylic acids is 1. The zero-order valence-corrected chi connectivity index (χ0v) is 14.8. The molecule has 0 spiro atoms. The van der Waals surface area contributed by atoms with Crippen molar-refractivity contribution in [2.24, 2.45) is 0 Å². The van der Waals surface area contributed by atoms with Gasteiger partial charge in [-0.3, -0.25) is 4.79 Å². The van der Waals surface area contributed by atoms with Gasteiger partial charge < -0.3 is 5.11 Å². The van der Waals surface area contributed by atoms with Crippen molar-refractivity contribution in [2.45, 2.75) is 96.6 Å². The monoisotopic (exact) mass is 326 g/mol. The van der Waals surface area contributed by atoms with E-state index in [9.17, 15) is 9.18 Å². The molecule has 2 nitrogen and oxygen atoms in total. The Bertz CT molecular complexity index is 324. The summed E-state index contributed by atoms with van der Waals surface area (Å²) in [5, 5.41) is 8.46. The third kappa shape index (κ3) is 18.8. The molecule has 0 saturated carbocycles. The van der Waals surface area contributed by atoms with E-state index in [2.05, 4.69) is 31.2 Å². The van der Waals surface area contributed by atoms with Crippen molar-refractivity contribution >= 4 is 5.97 Å². The molecule has 23 heavy (non-hydrogen) atoms. The molecule has 0 fully saturated rings. The highest BCUT2D eigenvalue weighted by molar-refractivity contribution is 5.67. The van der Waals surface area contributed by atoms with Gasteiger partial charge >= 0.3 is 5.97 Å². The fourth-order valence-corrected chi connectivity index (χ4v) is 2.47. The maximum atomic E-state index is 13.1. The molecule has 0 aliphatic carbocycles. The van der Waals surface area contributed by atoms with Crippen LogP contribution in [0.4, 0.5) is 4.39 Å². The van der Waals surface area contributed by atoms with Crippen LogP contribution in [0.15, 0.2) is 24.3 Å². The SMILES string of the molecule is CCCCC/C=C\C/C=C\CCCCCCCC(F)CC(=O)O. The van der Waals surface area contributed by atoms with Crippen LogP contribution in [-0.4, -0.2) is 17.2 Å². The van der Waals surface area contributed by atoms with Crippen molar-refractivity contribution in [3.05, 3.63) is 24.3 Å². The minimum absolute atomic E-state index is 0.349. The number of alkyl halides is 1. The van der Waals surface area contributed by atoms with Gasteiger partial charge in [-0.15, -0.1) is 0 Å². The van der Waals surface area contributed by atoms with E-state index in [4.69, 9.17) is 5.11 Å². The van der Waals surface area contributed by atoms with E-state index < -0.39 is 12.1 Å². The Labute approximate surface area is 141 Å². The van der Waals surface area contributed by atoms with Crippen molar-refractivity contribution in [1.82, 2.24) is 0 Å². The highest BCUT2D eigenvalue weighted by atomic mass is 19.1. The van der Waals surface area contributed by atoms with Crippen LogP contribution in [0.3, 0.4) is 0 Å². The number of carbonyl (C=O) groups is 1. The molecule has 0 bridgehead atoms. The van der Waals surface area contributed by atoms with E-state index in [0.717, 1.165) is 32.1 Å². The third-order valence-electron chi connectivity index (χ3n) is 3.86. The van der Waals surface area contributed by atoms with Crippen LogP contribution < -0.4 is 0 Å². The summed E-state index contributed by atoms with van der Waals surface area (Å²) in [6.07, 6.45) is 20.4. The Morgan fingerprint density at radius 3 is 2.09 bits per heavy atom. The second-order valence-corrected chi connectivity index (χ2v) is 6.21. The first-order valence-corrected chi connectivity index (χ1v) is 9.32. The molecule has 3 heteroatoms. The van der Waals surface area contributed by atoms with E-state index in [0.29, 0.717) is 6.42 Å². The lowest BCUT2D eigenvalue weighted by molar-refractivity contribution is -0.138. The number of carboxylic acid groups (broad SMARTS) is 1. The Hall–Kier alpha value is -1.12. The summed E-state index contributed by atoms with van der Waals surface area (Å²) in [6, 6.07) is 0. The van der Waals surface area contributed by atoms with Crippen LogP contribution in [-0.2, 0) is 4.79 Å². The molecular formula is C20H35FO2. The van der Waals surface area contributed by atoms with E-state index in [1.54, 1.807) is 0 Å². The maximum absolute atomic E-state index is 13.1. The van der Waals surface area contributed by atoms with E-state index in [1.807, 2.05) is 0 Å². The number of hydrogen-bond donors (Lipinski definition) is 1. The molecule has 1 unspecified atom stereocenters. The summed E-state index contributed by atoms with van der Waals surface area (Å²) in [5.74, 6) is -1.04. The Balaban J connectivity index is 3.26. The molecule has 134 valence electrons. The average Bonchev–Trinajstić information content (AvgIpc) is 2.50. The summed E-state index contributed by atoms with van der Waals surface area (Å²) in [7, 11) is 0. The van der Waals surface area contributed by atoms with Gasteiger partial charge in [-0.1, -0.05) is 69.8 Å². The molecule has 0 amide bonds. The molecule has 0 saturated heterocycles. The van der Waals surface area contributed by atoms with Crippen molar-refractivity contribution < 1.29 is 14.3 Å². The van der Waals surface area contributed by atoms with E-state index in [-0.39, 0.29) is 6.42 Å². The van der Waals surface area contributed by atoms with E-state index >= 15 is 0 Å². The average molecular weight is 326 g/mol. The van der Waals surface area contributed by atoms with Crippen LogP contribution in [0.1, 0.15) is 90.4 Å². The summed E-state index contributed by atoms with van der Waals surface area (Å²) < 4.78 is 13.1. The van der Waals surface area contributed by atoms with E-state index in [1.165, 1.54) is 38.5 Å². The zero-order valence-electron chi connectivity index (χ0n) is 14.8. The van der Waals surface area contributed by atoms with Crippen molar-refractivity contribution in [3.63, 3.8) is 0 Å². The van der Waals surface area contributed by atoms with Gasteiger partial charge in [-0.25, -0.2) is 4.39 Å². The molecule has 0 heterocycles. The summed E-state index contributed by atoms with van der Waals surface area (Å²) >= 11 is 0. The van der Waals surface area contributed by atoms with Gasteiger partial charge in [0.15, 0.2) is 0 Å². The lowest BCUT2D eigenvalue weighted by Gasteiger charge is -2.04. The topological polar surface area (TPSA) is 37.3 Å². The second kappa shape index (κ2) is 17.2. The molecular weight excluding hydrogens is 291 g/mol. The smallest absolute Gasteiger partial charge is 0.306 e. The lowest BCUT2D eigenvalue weighted by atomic mass is 10.1. The van der Waals surface area contributed by atoms with Crippen LogP contribution in [0.5, 0.6) is 0 Å². The van der Waals surface area contributed by atoms with Gasteiger partial charge in [0.2, 0.25) is 0 Å². The Morgan fingerprint density at radius 1 is 0.913 bits per heavy atom. The number of halogens is 1. The summed E-state index contributed by atoms with van der Waals surface area (Å²) in [4.78, 5) is 10.3. The number of rotatable bonds is 16. The Morgan fingerprint density at radius 2 is 1.48 bits per heavy atom. The second-order valence-electron chi connectivity index (χ2n) is 6.21. The molecule has 1 atom stereocenters. The number of allylic oxidation sites excluding steroid dienone is 4. The lowest BCUT2D eigenvalue weighted by Crippen LogP contribution is -2.07. The molecule has 0 aliphatic heterocycles. The van der Waals surface area contributed by atoms with Crippen LogP contribution in [0.2, 0.25) is 0 Å². The molecule has 0 aromatic carbocycles. The van der Waals surface area contributed by atoms with Crippen LogP contribution in [0, 0.1) is 0 Å². The fraction of sp³-hybridized carbons (Fsp3) is 0.750. The van der Waals surface area contributed by atoms with Crippen LogP contribution >= 0.6 is 0 Å². The largest absolute Gasteiger partial charge is 0.481 e. The maximum Gasteiger partial charge on any atom is 0.306 e. The minimum Gasteiger partial charge on any atom is -0.481 e. The first kappa shape index (κ1) is 21.9. The fourth-order valence-electron chi connectivity index (χ4n) is 2.47. The molecule has 0 aromatic rings. The summed E-state index contributed by atoms with van der Waals surface area (Å²) in [5.41, 5.74) is 0. The standard InChI is InChI=1S/C20H35FO2/c1-2-3-4-5-6-7-8-9-10-11-12-13-14-15-16-17-19(21)18-20(22)23/h6-7,9-10,19H,2-5,8,11-18H2,1H3,(H,22,23)/b7-6-,10-9-. The predicted molar refractivity (Wildman–Crippen MR) is 96.5 cm³/mol. The number of aliphatic carboxylic acids is 1. The zero-order chi connectivity index (χ0) is 17.2. The van der Waals surface area contributed by atoms with Gasteiger partial charge in [-0.2, -0.15) is 0 Å². The highest BCUT2D eigenvalue weighted by Crippen LogP contribution is 2.12. The molecule has 0 aliphatic rings. The van der Waals surface area contributed by atoms with Gasteiger partial charge in [0.25, 0.3) is 0 Å². The first-order chi connectivity index (χ1) is 11.2. The quantitative estimate of drug-likeness (QED) is 0.256. The molecule has 0 rings (SSSR count). The normalized spacial score (nSPS) is 13.1. The number of hydrogen-bond acceptors (Lipinski definition) is 1.